The molecule has 0 amide bonds. The maximum Gasteiger partial charge on any atom is 0.0703 e. The summed E-state index contributed by atoms with van der Waals surface area (Å²) >= 11 is 0. The number of rotatable bonds is 14. The molecule has 1 nitrogen and oxygen atoms in total. The van der Waals surface area contributed by atoms with E-state index in [2.05, 4.69) is 34.6 Å². The summed E-state index contributed by atoms with van der Waals surface area (Å²) < 4.78 is 0. The van der Waals surface area contributed by atoms with E-state index >= 15 is 0 Å². The minimum atomic E-state index is -0.432. The molecule has 2 heteroatoms. The molecule has 0 aliphatic rings. The third-order valence-electron chi connectivity index (χ3n) is 5.57. The van der Waals surface area contributed by atoms with E-state index in [4.69, 9.17) is 0 Å². The third-order valence-corrected chi connectivity index (χ3v) is 5.57. The Morgan fingerprint density at radius 3 is 1.18 bits per heavy atom. The average Bonchev–Trinajstić information content (AvgIpc) is 2.51. The van der Waals surface area contributed by atoms with Crippen LogP contribution in [0.4, 0.5) is 0 Å². The molecule has 0 spiro atoms. The fraction of sp³-hybridized carbons (Fsp3) is 1.00. The van der Waals surface area contributed by atoms with Gasteiger partial charge in [0.2, 0.25) is 0 Å². The Morgan fingerprint density at radius 1 is 0.591 bits per heavy atom. The first kappa shape index (κ1) is 25.1. The summed E-state index contributed by atoms with van der Waals surface area (Å²) in [5, 5.41) is 11.6. The molecule has 0 saturated heterocycles. The van der Waals surface area contributed by atoms with Crippen molar-refractivity contribution in [2.45, 2.75) is 124 Å². The van der Waals surface area contributed by atoms with E-state index in [-0.39, 0.29) is 31.3 Å². The summed E-state index contributed by atoms with van der Waals surface area (Å²) in [6, 6.07) is 0. The molecular formula is C20H42HfO. The molecule has 0 unspecified atom stereocenters. The van der Waals surface area contributed by atoms with E-state index < -0.39 is 5.60 Å². The van der Waals surface area contributed by atoms with E-state index in [1.807, 2.05) is 0 Å². The molecule has 0 aromatic carbocycles. The molecule has 0 heterocycles. The van der Waals surface area contributed by atoms with Gasteiger partial charge < -0.3 is 5.11 Å². The van der Waals surface area contributed by atoms with Gasteiger partial charge in [-0.1, -0.05) is 86.0 Å². The average molecular weight is 477 g/mol. The van der Waals surface area contributed by atoms with Gasteiger partial charge in [0, 0.05) is 25.8 Å². The molecule has 0 aliphatic carbocycles. The van der Waals surface area contributed by atoms with Crippen LogP contribution in [-0.2, 0) is 25.8 Å². The van der Waals surface area contributed by atoms with Gasteiger partial charge in [0.25, 0.3) is 0 Å². The van der Waals surface area contributed by atoms with E-state index in [0.717, 1.165) is 19.3 Å². The smallest absolute Gasteiger partial charge is 0.0703 e. The quantitative estimate of drug-likeness (QED) is 0.271. The van der Waals surface area contributed by atoms with Gasteiger partial charge in [-0.05, 0) is 37.5 Å². The first-order valence-electron chi connectivity index (χ1n) is 9.78. The Labute approximate surface area is 159 Å². The minimum absolute atomic E-state index is 0. The summed E-state index contributed by atoms with van der Waals surface area (Å²) in [4.78, 5) is 0. The topological polar surface area (TPSA) is 20.2 Å². The van der Waals surface area contributed by atoms with Gasteiger partial charge in [0.1, 0.15) is 0 Å². The van der Waals surface area contributed by atoms with Crippen molar-refractivity contribution in [3.8, 4) is 0 Å². The van der Waals surface area contributed by atoms with E-state index in [1.165, 1.54) is 64.2 Å². The molecule has 22 heavy (non-hydrogen) atoms. The molecular weight excluding hydrogens is 435 g/mol. The Kier molecular flexibility index (Phi) is 16.2. The van der Waals surface area contributed by atoms with Crippen molar-refractivity contribution in [3.63, 3.8) is 0 Å². The molecule has 0 fully saturated rings. The van der Waals surface area contributed by atoms with Crippen LogP contribution in [0, 0.1) is 5.41 Å². The van der Waals surface area contributed by atoms with Gasteiger partial charge in [-0.2, -0.15) is 0 Å². The summed E-state index contributed by atoms with van der Waals surface area (Å²) in [7, 11) is 0. The summed E-state index contributed by atoms with van der Waals surface area (Å²) in [5.74, 6) is 0. The Morgan fingerprint density at radius 2 is 0.909 bits per heavy atom. The van der Waals surface area contributed by atoms with Gasteiger partial charge in [0.15, 0.2) is 0 Å². The predicted molar refractivity (Wildman–Crippen MR) is 95.8 cm³/mol. The Hall–Kier alpha value is 0.830. The molecule has 132 valence electrons. The predicted octanol–water partition coefficient (Wildman–Crippen LogP) is 6.87. The second-order valence-corrected chi connectivity index (χ2v) is 7.08. The molecule has 0 aromatic heterocycles. The molecule has 0 radical (unpaired) electrons. The van der Waals surface area contributed by atoms with Gasteiger partial charge in [-0.25, -0.2) is 0 Å². The Bertz CT molecular complexity index is 224. The Balaban J connectivity index is 0. The van der Waals surface area contributed by atoms with E-state index in [9.17, 15) is 5.11 Å². The minimum Gasteiger partial charge on any atom is -0.389 e. The summed E-state index contributed by atoms with van der Waals surface area (Å²) in [5.41, 5.74) is -0.276. The molecule has 0 saturated carbocycles. The molecule has 0 rings (SSSR count). The third kappa shape index (κ3) is 7.60. The molecule has 0 atom stereocenters. The maximum absolute atomic E-state index is 11.6. The molecule has 1 N–H and O–H groups in total. The van der Waals surface area contributed by atoms with Crippen molar-refractivity contribution in [3.05, 3.63) is 0 Å². The van der Waals surface area contributed by atoms with Crippen LogP contribution in [0.3, 0.4) is 0 Å². The first-order valence-corrected chi connectivity index (χ1v) is 9.78. The van der Waals surface area contributed by atoms with Crippen molar-refractivity contribution < 1.29 is 30.9 Å². The largest absolute Gasteiger partial charge is 0.389 e. The molecule has 0 bridgehead atoms. The van der Waals surface area contributed by atoms with Gasteiger partial charge in [-0.15, -0.1) is 0 Å². The van der Waals surface area contributed by atoms with E-state index in [1.54, 1.807) is 0 Å². The van der Waals surface area contributed by atoms with Crippen molar-refractivity contribution in [2.24, 2.45) is 5.41 Å². The van der Waals surface area contributed by atoms with Crippen molar-refractivity contribution >= 4 is 0 Å². The maximum atomic E-state index is 11.6. The van der Waals surface area contributed by atoms with Crippen LogP contribution >= 0.6 is 0 Å². The standard InChI is InChI=1S/C20H42O.Hf/c1-6-11-15-19(10-5,16-12-7-2)20(21,17-13-8-3)18-14-9-4;/h21H,6-18H2,1-5H3;. The fourth-order valence-electron chi connectivity index (χ4n) is 3.90. The van der Waals surface area contributed by atoms with Crippen LogP contribution < -0.4 is 0 Å². The fourth-order valence-corrected chi connectivity index (χ4v) is 3.90. The molecule has 0 aliphatic heterocycles. The zero-order valence-corrected chi connectivity index (χ0v) is 19.7. The molecule has 0 aromatic rings. The van der Waals surface area contributed by atoms with Gasteiger partial charge in [-0.3, -0.25) is 0 Å². The number of hydrogen-bond acceptors (Lipinski definition) is 1. The van der Waals surface area contributed by atoms with Crippen LogP contribution in [0.25, 0.3) is 0 Å². The van der Waals surface area contributed by atoms with Crippen molar-refractivity contribution in [2.75, 3.05) is 0 Å². The second kappa shape index (κ2) is 14.2. The second-order valence-electron chi connectivity index (χ2n) is 7.08. The number of unbranched alkanes of at least 4 members (excludes halogenated alkanes) is 4. The number of aliphatic hydroxyl groups is 1. The summed E-state index contributed by atoms with van der Waals surface area (Å²) in [6.45, 7) is 11.3. The monoisotopic (exact) mass is 478 g/mol. The SMILES string of the molecule is CCCCC(O)(CCCC)C(CC)(CCCC)CCCC.[Hf]. The van der Waals surface area contributed by atoms with Crippen LogP contribution in [-0.4, -0.2) is 10.7 Å². The van der Waals surface area contributed by atoms with Crippen LogP contribution in [0.2, 0.25) is 0 Å². The van der Waals surface area contributed by atoms with Gasteiger partial charge in [0.05, 0.1) is 5.60 Å². The first-order chi connectivity index (χ1) is 10.1. The summed E-state index contributed by atoms with van der Waals surface area (Å²) in [6.07, 6.45) is 15.3. The van der Waals surface area contributed by atoms with Gasteiger partial charge >= 0.3 is 0 Å². The van der Waals surface area contributed by atoms with Crippen LogP contribution in [0.1, 0.15) is 118 Å². The van der Waals surface area contributed by atoms with E-state index in [0.29, 0.717) is 0 Å². The zero-order valence-electron chi connectivity index (χ0n) is 16.1. The zero-order chi connectivity index (χ0) is 16.2. The number of hydrogen-bond donors (Lipinski definition) is 1. The van der Waals surface area contributed by atoms with Crippen LogP contribution in [0.15, 0.2) is 0 Å². The normalized spacial score (nSPS) is 12.3. The van der Waals surface area contributed by atoms with Crippen molar-refractivity contribution in [1.82, 2.24) is 0 Å². The van der Waals surface area contributed by atoms with Crippen LogP contribution in [0.5, 0.6) is 0 Å². The van der Waals surface area contributed by atoms with Crippen molar-refractivity contribution in [1.29, 1.82) is 0 Å².